The molecule has 0 nitrogen and oxygen atoms in total. The van der Waals surface area contributed by atoms with E-state index in [1.165, 1.54) is 44.5 Å². The molecule has 0 radical (unpaired) electrons. The van der Waals surface area contributed by atoms with Gasteiger partial charge in [0, 0.05) is 0 Å². The Hall–Kier alpha value is -4.42. The molecule has 0 aliphatic heterocycles. The van der Waals surface area contributed by atoms with Crippen LogP contribution in [0.15, 0.2) is 146 Å². The first-order valence-corrected chi connectivity index (χ1v) is 11.6. The van der Waals surface area contributed by atoms with Crippen LogP contribution in [0.3, 0.4) is 0 Å². The lowest BCUT2D eigenvalue weighted by Crippen LogP contribution is -1.89. The van der Waals surface area contributed by atoms with E-state index in [0.717, 1.165) is 0 Å². The Morgan fingerprint density at radius 1 is 0.294 bits per heavy atom. The van der Waals surface area contributed by atoms with Gasteiger partial charge in [0.15, 0.2) is 0 Å². The maximum atomic E-state index is 2.27. The van der Waals surface area contributed by atoms with Gasteiger partial charge in [-0.1, -0.05) is 146 Å². The van der Waals surface area contributed by atoms with E-state index < -0.39 is 0 Å². The summed E-state index contributed by atoms with van der Waals surface area (Å²) < 4.78 is 0. The fraction of sp³-hybridized carbons (Fsp3) is 0. The molecule has 0 N–H and O–H groups in total. The summed E-state index contributed by atoms with van der Waals surface area (Å²) in [6.45, 7) is 0. The SMILES string of the molecule is C(=C(c1ccccc1)c1ccccc1)c1ccc(C=C(c2ccccc2)c2ccccc2)cc1. The predicted octanol–water partition coefficient (Wildman–Crippen LogP) is 8.86. The average molecular weight is 435 g/mol. The molecule has 0 saturated heterocycles. The van der Waals surface area contributed by atoms with Gasteiger partial charge >= 0.3 is 0 Å². The highest BCUT2D eigenvalue weighted by atomic mass is 14.1. The van der Waals surface area contributed by atoms with Crippen LogP contribution in [-0.4, -0.2) is 0 Å². The van der Waals surface area contributed by atoms with Crippen LogP contribution >= 0.6 is 0 Å². The zero-order valence-corrected chi connectivity index (χ0v) is 19.0. The summed E-state index contributed by atoms with van der Waals surface area (Å²) >= 11 is 0. The van der Waals surface area contributed by atoms with Crippen LogP contribution in [-0.2, 0) is 0 Å². The van der Waals surface area contributed by atoms with E-state index in [1.54, 1.807) is 0 Å². The summed E-state index contributed by atoms with van der Waals surface area (Å²) in [5.41, 5.74) is 9.67. The van der Waals surface area contributed by atoms with E-state index >= 15 is 0 Å². The van der Waals surface area contributed by atoms with E-state index in [2.05, 4.69) is 158 Å². The molecular formula is C34H26. The molecule has 0 fully saturated rings. The van der Waals surface area contributed by atoms with Gasteiger partial charge in [0.2, 0.25) is 0 Å². The minimum Gasteiger partial charge on any atom is -0.0622 e. The second-order valence-electron chi connectivity index (χ2n) is 8.25. The highest BCUT2D eigenvalue weighted by Crippen LogP contribution is 2.28. The van der Waals surface area contributed by atoms with Crippen molar-refractivity contribution < 1.29 is 0 Å². The number of benzene rings is 5. The van der Waals surface area contributed by atoms with Gasteiger partial charge in [0.25, 0.3) is 0 Å². The molecule has 0 heterocycles. The van der Waals surface area contributed by atoms with E-state index in [0.29, 0.717) is 0 Å². The Morgan fingerprint density at radius 2 is 0.529 bits per heavy atom. The van der Waals surface area contributed by atoms with E-state index in [4.69, 9.17) is 0 Å². The molecule has 162 valence electrons. The van der Waals surface area contributed by atoms with Gasteiger partial charge in [-0.25, -0.2) is 0 Å². The van der Waals surface area contributed by atoms with Gasteiger partial charge in [0.1, 0.15) is 0 Å². The second-order valence-corrected chi connectivity index (χ2v) is 8.25. The normalized spacial score (nSPS) is 10.4. The zero-order chi connectivity index (χ0) is 23.0. The fourth-order valence-corrected chi connectivity index (χ4v) is 4.16. The molecule has 0 aliphatic carbocycles. The van der Waals surface area contributed by atoms with Crippen LogP contribution in [0.5, 0.6) is 0 Å². The number of hydrogen-bond acceptors (Lipinski definition) is 0. The third kappa shape index (κ3) is 5.14. The van der Waals surface area contributed by atoms with E-state index in [1.807, 2.05) is 0 Å². The molecule has 0 heteroatoms. The van der Waals surface area contributed by atoms with E-state index in [-0.39, 0.29) is 0 Å². The molecule has 0 bridgehead atoms. The molecule has 0 saturated carbocycles. The van der Waals surface area contributed by atoms with Crippen LogP contribution in [0, 0.1) is 0 Å². The third-order valence-electron chi connectivity index (χ3n) is 5.90. The lowest BCUT2D eigenvalue weighted by Gasteiger charge is -2.10. The van der Waals surface area contributed by atoms with Crippen molar-refractivity contribution in [2.24, 2.45) is 0 Å². The zero-order valence-electron chi connectivity index (χ0n) is 19.0. The molecule has 0 aromatic heterocycles. The molecule has 5 aromatic carbocycles. The summed E-state index contributed by atoms with van der Waals surface area (Å²) in [7, 11) is 0. The molecule has 0 amide bonds. The van der Waals surface area contributed by atoms with Crippen LogP contribution in [0.25, 0.3) is 23.3 Å². The molecular weight excluding hydrogens is 408 g/mol. The van der Waals surface area contributed by atoms with Crippen molar-refractivity contribution in [2.45, 2.75) is 0 Å². The summed E-state index contributed by atoms with van der Waals surface area (Å²) in [5, 5.41) is 0. The Balaban J connectivity index is 1.52. The minimum atomic E-state index is 1.18. The lowest BCUT2D eigenvalue weighted by molar-refractivity contribution is 1.54. The van der Waals surface area contributed by atoms with Crippen molar-refractivity contribution in [1.82, 2.24) is 0 Å². The van der Waals surface area contributed by atoms with Crippen LogP contribution in [0.2, 0.25) is 0 Å². The second kappa shape index (κ2) is 10.5. The van der Waals surface area contributed by atoms with Crippen molar-refractivity contribution in [3.8, 4) is 0 Å². The highest BCUT2D eigenvalue weighted by Gasteiger charge is 2.06. The predicted molar refractivity (Wildman–Crippen MR) is 146 cm³/mol. The third-order valence-corrected chi connectivity index (χ3v) is 5.90. The van der Waals surface area contributed by atoms with Crippen molar-refractivity contribution in [1.29, 1.82) is 0 Å². The lowest BCUT2D eigenvalue weighted by atomic mass is 9.94. The first kappa shape index (κ1) is 21.4. The standard InChI is InChI=1S/C34H26/c1-5-13-29(14-6-1)33(30-15-7-2-8-16-30)25-27-21-23-28(24-22-27)26-34(31-17-9-3-10-18-31)32-19-11-4-12-20-32/h1-26H. The molecule has 34 heavy (non-hydrogen) atoms. The average Bonchev–Trinajstić information content (AvgIpc) is 2.93. The molecule has 0 aliphatic rings. The summed E-state index contributed by atoms with van der Waals surface area (Å²) in [4.78, 5) is 0. The van der Waals surface area contributed by atoms with Crippen LogP contribution in [0.1, 0.15) is 33.4 Å². The summed E-state index contributed by atoms with van der Waals surface area (Å²) in [6, 6.07) is 51.1. The first-order chi connectivity index (χ1) is 16.9. The molecule has 5 aromatic rings. The van der Waals surface area contributed by atoms with E-state index in [9.17, 15) is 0 Å². The minimum absolute atomic E-state index is 1.18. The molecule has 0 atom stereocenters. The van der Waals surface area contributed by atoms with Gasteiger partial charge in [-0.05, 0) is 56.7 Å². The Morgan fingerprint density at radius 3 is 0.765 bits per heavy atom. The van der Waals surface area contributed by atoms with Crippen molar-refractivity contribution >= 4 is 23.3 Å². The number of hydrogen-bond donors (Lipinski definition) is 0. The first-order valence-electron chi connectivity index (χ1n) is 11.6. The quantitative estimate of drug-likeness (QED) is 0.234. The fourth-order valence-electron chi connectivity index (χ4n) is 4.16. The smallest absolute Gasteiger partial charge is 0.0105 e. The van der Waals surface area contributed by atoms with Crippen LogP contribution < -0.4 is 0 Å². The molecule has 0 unspecified atom stereocenters. The highest BCUT2D eigenvalue weighted by molar-refractivity contribution is 5.93. The monoisotopic (exact) mass is 434 g/mol. The van der Waals surface area contributed by atoms with Gasteiger partial charge in [-0.15, -0.1) is 0 Å². The molecule has 5 rings (SSSR count). The molecule has 0 spiro atoms. The van der Waals surface area contributed by atoms with Crippen LogP contribution in [0.4, 0.5) is 0 Å². The summed E-state index contributed by atoms with van der Waals surface area (Å²) in [6.07, 6.45) is 4.54. The van der Waals surface area contributed by atoms with Gasteiger partial charge in [-0.2, -0.15) is 0 Å². The summed E-state index contributed by atoms with van der Waals surface area (Å²) in [5.74, 6) is 0. The van der Waals surface area contributed by atoms with Gasteiger partial charge < -0.3 is 0 Å². The van der Waals surface area contributed by atoms with Crippen molar-refractivity contribution in [3.05, 3.63) is 179 Å². The topological polar surface area (TPSA) is 0 Å². The van der Waals surface area contributed by atoms with Gasteiger partial charge in [-0.3, -0.25) is 0 Å². The Kier molecular flexibility index (Phi) is 6.59. The van der Waals surface area contributed by atoms with Crippen molar-refractivity contribution in [3.63, 3.8) is 0 Å². The Labute approximate surface area is 202 Å². The maximum Gasteiger partial charge on any atom is -0.0105 e. The number of rotatable bonds is 6. The maximum absolute atomic E-state index is 2.27. The van der Waals surface area contributed by atoms with Gasteiger partial charge in [0.05, 0.1) is 0 Å². The van der Waals surface area contributed by atoms with Crippen molar-refractivity contribution in [2.75, 3.05) is 0 Å². The Bertz CT molecular complexity index is 1180. The largest absolute Gasteiger partial charge is 0.0622 e.